The predicted molar refractivity (Wildman–Crippen MR) is 86.0 cm³/mol. The van der Waals surface area contributed by atoms with Gasteiger partial charge in [-0.3, -0.25) is 9.59 Å². The van der Waals surface area contributed by atoms with Crippen LogP contribution in [0.4, 0.5) is 0 Å². The highest BCUT2D eigenvalue weighted by molar-refractivity contribution is 6.64. The van der Waals surface area contributed by atoms with E-state index < -0.39 is 20.7 Å². The summed E-state index contributed by atoms with van der Waals surface area (Å²) in [7, 11) is -3.30. The van der Waals surface area contributed by atoms with Gasteiger partial charge in [-0.1, -0.05) is 41.5 Å². The van der Waals surface area contributed by atoms with Gasteiger partial charge in [-0.25, -0.2) is 0 Å². The molecule has 6 heteroatoms. The van der Waals surface area contributed by atoms with E-state index in [0.717, 1.165) is 6.42 Å². The lowest BCUT2D eigenvalue weighted by molar-refractivity contribution is -0.150. The smallest absolute Gasteiger partial charge is 0.464 e. The zero-order valence-electron chi connectivity index (χ0n) is 15.1. The Morgan fingerprint density at radius 1 is 0.955 bits per heavy atom. The summed E-state index contributed by atoms with van der Waals surface area (Å²) in [6.07, 6.45) is 0.685. The van der Waals surface area contributed by atoms with Crippen LogP contribution in [0.5, 0.6) is 0 Å². The third kappa shape index (κ3) is 4.81. The molecule has 1 saturated heterocycles. The molecule has 128 valence electrons. The molecule has 0 aromatic carbocycles. The summed E-state index contributed by atoms with van der Waals surface area (Å²) in [5.74, 6) is -0.621. The molecule has 0 bridgehead atoms. The number of hydrogen-bond donors (Lipinski definition) is 0. The summed E-state index contributed by atoms with van der Waals surface area (Å²) in [5.41, 5.74) is -0.0815. The molecule has 0 saturated carbocycles. The lowest BCUT2D eigenvalue weighted by Gasteiger charge is -2.49. The average molecular weight is 330 g/mol. The average Bonchev–Trinajstić information content (AvgIpc) is 2.23. The fourth-order valence-electron chi connectivity index (χ4n) is 3.09. The minimum atomic E-state index is -3.30. The van der Waals surface area contributed by atoms with Gasteiger partial charge in [-0.15, -0.1) is 0 Å². The molecule has 22 heavy (non-hydrogen) atoms. The van der Waals surface area contributed by atoms with Crippen LogP contribution in [0.25, 0.3) is 0 Å². The number of carbonyl (C=O) groups is 2. The molecule has 0 amide bonds. The van der Waals surface area contributed by atoms with Crippen molar-refractivity contribution < 1.29 is 22.9 Å². The number of hydrogen-bond acceptors (Lipinski definition) is 5. The molecule has 5 nitrogen and oxygen atoms in total. The van der Waals surface area contributed by atoms with Crippen LogP contribution >= 0.6 is 0 Å². The molecule has 0 spiro atoms. The molecule has 1 fully saturated rings. The molecule has 0 radical (unpaired) electrons. The third-order valence-corrected chi connectivity index (χ3v) is 6.71. The largest absolute Gasteiger partial charge is 0.636 e. The first kappa shape index (κ1) is 19.2. The summed E-state index contributed by atoms with van der Waals surface area (Å²) in [6, 6.07) is 0.487. The molecule has 0 N–H and O–H groups in total. The van der Waals surface area contributed by atoms with Gasteiger partial charge in [-0.05, 0) is 23.2 Å². The zero-order chi connectivity index (χ0) is 17.3. The van der Waals surface area contributed by atoms with Crippen LogP contribution in [-0.2, 0) is 22.9 Å². The van der Waals surface area contributed by atoms with E-state index in [-0.39, 0.29) is 16.9 Å². The molecular weight excluding hydrogens is 300 g/mol. The highest BCUT2D eigenvalue weighted by Gasteiger charge is 2.58. The number of rotatable bonds is 2. The molecule has 0 aliphatic carbocycles. The van der Waals surface area contributed by atoms with Crippen LogP contribution in [0.15, 0.2) is 0 Å². The first-order valence-electron chi connectivity index (χ1n) is 7.84. The highest BCUT2D eigenvalue weighted by Crippen LogP contribution is 2.47. The Morgan fingerprint density at radius 3 is 1.73 bits per heavy atom. The van der Waals surface area contributed by atoms with Crippen molar-refractivity contribution in [3.8, 4) is 0 Å². The van der Waals surface area contributed by atoms with Crippen molar-refractivity contribution in [1.29, 1.82) is 0 Å². The second-order valence-electron chi connectivity index (χ2n) is 8.29. The fraction of sp³-hybridized carbons (Fsp3) is 0.875. The molecule has 2 atom stereocenters. The topological polar surface area (TPSA) is 61.8 Å². The lowest BCUT2D eigenvalue weighted by Crippen LogP contribution is -2.59. The van der Waals surface area contributed by atoms with E-state index in [4.69, 9.17) is 13.3 Å². The van der Waals surface area contributed by atoms with E-state index in [1.807, 2.05) is 0 Å². The van der Waals surface area contributed by atoms with Gasteiger partial charge in [0.25, 0.3) is 11.9 Å². The Morgan fingerprint density at radius 2 is 1.41 bits per heavy atom. The maximum atomic E-state index is 11.5. The monoisotopic (exact) mass is 330 g/mol. The Bertz CT molecular complexity index is 417. The molecular formula is C16H30O5Si. The first-order valence-corrected chi connectivity index (χ1v) is 9.77. The second-order valence-corrected chi connectivity index (χ2v) is 10.8. The van der Waals surface area contributed by atoms with Gasteiger partial charge in [0, 0.05) is 19.9 Å². The van der Waals surface area contributed by atoms with Gasteiger partial charge in [-0.2, -0.15) is 0 Å². The lowest BCUT2D eigenvalue weighted by atomic mass is 9.69. The van der Waals surface area contributed by atoms with Crippen LogP contribution in [0.1, 0.15) is 61.8 Å². The summed E-state index contributed by atoms with van der Waals surface area (Å²) < 4.78 is 17.1. The van der Waals surface area contributed by atoms with Crippen LogP contribution in [-0.4, -0.2) is 26.8 Å². The van der Waals surface area contributed by atoms with Crippen LogP contribution < -0.4 is 0 Å². The van der Waals surface area contributed by atoms with Gasteiger partial charge in [0.05, 0.1) is 6.10 Å². The molecule has 1 aliphatic rings. The quantitative estimate of drug-likeness (QED) is 0.725. The van der Waals surface area contributed by atoms with E-state index in [0.29, 0.717) is 12.0 Å². The Labute approximate surface area is 135 Å². The van der Waals surface area contributed by atoms with Gasteiger partial charge >= 0.3 is 8.80 Å². The molecule has 2 unspecified atom stereocenters. The van der Waals surface area contributed by atoms with Crippen molar-refractivity contribution in [3.05, 3.63) is 0 Å². The van der Waals surface area contributed by atoms with Gasteiger partial charge in [0.15, 0.2) is 0 Å². The molecule has 1 aliphatic heterocycles. The molecule has 0 aromatic heterocycles. The van der Waals surface area contributed by atoms with Crippen molar-refractivity contribution in [2.45, 2.75) is 74.0 Å². The van der Waals surface area contributed by atoms with Crippen molar-refractivity contribution in [2.75, 3.05) is 0 Å². The molecule has 0 aromatic rings. The van der Waals surface area contributed by atoms with E-state index in [1.54, 1.807) is 0 Å². The SMILES string of the molecule is CC(=O)O[Si]1(OC(C)=O)CCC(C(C)(C)C)C(C(C)(C)C)O1. The maximum Gasteiger partial charge on any atom is 0.636 e. The Kier molecular flexibility index (Phi) is 5.50. The van der Waals surface area contributed by atoms with E-state index in [9.17, 15) is 9.59 Å². The summed E-state index contributed by atoms with van der Waals surface area (Å²) in [4.78, 5) is 22.9. The minimum absolute atomic E-state index is 0.0605. The minimum Gasteiger partial charge on any atom is -0.464 e. The van der Waals surface area contributed by atoms with E-state index in [1.165, 1.54) is 13.8 Å². The van der Waals surface area contributed by atoms with Crippen molar-refractivity contribution in [1.82, 2.24) is 0 Å². The summed E-state index contributed by atoms with van der Waals surface area (Å²) in [5, 5.41) is 0. The van der Waals surface area contributed by atoms with Crippen molar-refractivity contribution >= 4 is 20.7 Å². The normalized spacial score (nSPS) is 25.5. The van der Waals surface area contributed by atoms with Crippen LogP contribution in [0.2, 0.25) is 6.04 Å². The van der Waals surface area contributed by atoms with E-state index >= 15 is 0 Å². The molecule has 1 heterocycles. The van der Waals surface area contributed by atoms with Crippen molar-refractivity contribution in [2.24, 2.45) is 16.7 Å². The number of carbonyl (C=O) groups excluding carboxylic acids is 2. The molecule has 1 rings (SSSR count). The third-order valence-electron chi connectivity index (χ3n) is 4.00. The van der Waals surface area contributed by atoms with Gasteiger partial charge < -0.3 is 13.3 Å². The zero-order valence-corrected chi connectivity index (χ0v) is 16.1. The van der Waals surface area contributed by atoms with Crippen LogP contribution in [0, 0.1) is 16.7 Å². The maximum absolute atomic E-state index is 11.5. The highest BCUT2D eigenvalue weighted by atomic mass is 28.4. The van der Waals surface area contributed by atoms with E-state index in [2.05, 4.69) is 41.5 Å². The Hall–Kier alpha value is -0.883. The standard InChI is InChI=1S/C16H30O5Si/c1-11(17)19-22(20-12(2)18)10-9-13(15(3,4)5)14(21-22)16(6,7)8/h13-14H,9-10H2,1-8H3. The van der Waals surface area contributed by atoms with Gasteiger partial charge in [0.1, 0.15) is 0 Å². The van der Waals surface area contributed by atoms with Crippen molar-refractivity contribution in [3.63, 3.8) is 0 Å². The van der Waals surface area contributed by atoms with Gasteiger partial charge in [0.2, 0.25) is 0 Å². The predicted octanol–water partition coefficient (Wildman–Crippen LogP) is 3.55. The Balaban J connectivity index is 3.16. The van der Waals surface area contributed by atoms with Crippen LogP contribution in [0.3, 0.4) is 0 Å². The fourth-order valence-corrected chi connectivity index (χ4v) is 6.00. The second kappa shape index (κ2) is 6.32. The summed E-state index contributed by atoms with van der Waals surface area (Å²) >= 11 is 0. The summed E-state index contributed by atoms with van der Waals surface area (Å²) in [6.45, 7) is 15.5. The first-order chi connectivity index (χ1) is 9.77.